The van der Waals surface area contributed by atoms with Gasteiger partial charge in [0.15, 0.2) is 5.58 Å². The zero-order chi connectivity index (χ0) is 14.8. The van der Waals surface area contributed by atoms with E-state index in [-0.39, 0.29) is 6.54 Å². The Hall–Kier alpha value is -2.08. The van der Waals surface area contributed by atoms with E-state index in [0.717, 1.165) is 30.6 Å². The normalized spacial score (nSPS) is 16.5. The van der Waals surface area contributed by atoms with Crippen LogP contribution in [0.4, 0.5) is 6.01 Å². The van der Waals surface area contributed by atoms with Gasteiger partial charge in [-0.15, -0.1) is 0 Å². The van der Waals surface area contributed by atoms with Crippen molar-refractivity contribution < 1.29 is 14.3 Å². The van der Waals surface area contributed by atoms with Gasteiger partial charge in [-0.3, -0.25) is 9.69 Å². The molecule has 1 aliphatic heterocycles. The number of nitrogens with zero attached hydrogens (tertiary/aromatic N) is 3. The van der Waals surface area contributed by atoms with Crippen molar-refractivity contribution in [3.8, 4) is 0 Å². The van der Waals surface area contributed by atoms with E-state index in [9.17, 15) is 4.79 Å². The highest BCUT2D eigenvalue weighted by atomic mass is 16.4. The van der Waals surface area contributed by atoms with Crippen molar-refractivity contribution in [3.63, 3.8) is 0 Å². The number of rotatable bonds is 4. The number of oxazole rings is 1. The van der Waals surface area contributed by atoms with Gasteiger partial charge in [-0.2, -0.15) is 4.98 Å². The average Bonchev–Trinajstić information content (AvgIpc) is 2.90. The Labute approximate surface area is 123 Å². The minimum atomic E-state index is -0.780. The largest absolute Gasteiger partial charge is 0.480 e. The highest BCUT2D eigenvalue weighted by molar-refractivity contribution is 5.75. The number of hydrogen-bond acceptors (Lipinski definition) is 5. The summed E-state index contributed by atoms with van der Waals surface area (Å²) in [7, 11) is 0. The number of hydrogen-bond donors (Lipinski definition) is 1. The summed E-state index contributed by atoms with van der Waals surface area (Å²) in [5, 5.41) is 8.81. The number of carbonyl (C=O) groups is 1. The maximum atomic E-state index is 10.7. The van der Waals surface area contributed by atoms with Gasteiger partial charge in [0.2, 0.25) is 0 Å². The number of carboxylic acid groups (broad SMARTS) is 1. The summed E-state index contributed by atoms with van der Waals surface area (Å²) < 4.78 is 5.80. The standard InChI is InChI=1S/C15H19N3O3/c1-2-11-3-4-13-12(9-11)16-15(21-13)18-7-5-17(6-8-18)10-14(19)20/h3-4,9H,2,5-8,10H2,1H3,(H,19,20). The van der Waals surface area contributed by atoms with E-state index in [1.807, 2.05) is 11.0 Å². The van der Waals surface area contributed by atoms with Gasteiger partial charge < -0.3 is 14.4 Å². The first kappa shape index (κ1) is 13.9. The average molecular weight is 289 g/mol. The van der Waals surface area contributed by atoms with Gasteiger partial charge in [-0.25, -0.2) is 0 Å². The summed E-state index contributed by atoms with van der Waals surface area (Å²) in [4.78, 5) is 19.3. The van der Waals surface area contributed by atoms with Crippen LogP contribution in [0.15, 0.2) is 22.6 Å². The van der Waals surface area contributed by atoms with E-state index in [0.29, 0.717) is 19.1 Å². The van der Waals surface area contributed by atoms with Gasteiger partial charge in [0.25, 0.3) is 6.01 Å². The van der Waals surface area contributed by atoms with Crippen LogP contribution in [0.1, 0.15) is 12.5 Å². The number of aromatic nitrogens is 1. The number of benzene rings is 1. The van der Waals surface area contributed by atoms with Crippen LogP contribution in [-0.4, -0.2) is 53.7 Å². The lowest BCUT2D eigenvalue weighted by atomic mass is 10.1. The van der Waals surface area contributed by atoms with Crippen molar-refractivity contribution in [1.29, 1.82) is 0 Å². The van der Waals surface area contributed by atoms with E-state index in [2.05, 4.69) is 28.9 Å². The third kappa shape index (κ3) is 3.00. The van der Waals surface area contributed by atoms with Gasteiger partial charge in [0.05, 0.1) is 6.54 Å². The smallest absolute Gasteiger partial charge is 0.317 e. The molecule has 1 N–H and O–H groups in total. The quantitative estimate of drug-likeness (QED) is 0.922. The van der Waals surface area contributed by atoms with Crippen LogP contribution in [0.25, 0.3) is 11.1 Å². The minimum Gasteiger partial charge on any atom is -0.480 e. The molecule has 1 aliphatic rings. The van der Waals surface area contributed by atoms with Crippen LogP contribution >= 0.6 is 0 Å². The van der Waals surface area contributed by atoms with Crippen molar-refractivity contribution in [2.75, 3.05) is 37.6 Å². The Balaban J connectivity index is 1.72. The zero-order valence-corrected chi connectivity index (χ0v) is 12.1. The minimum absolute atomic E-state index is 0.0985. The summed E-state index contributed by atoms with van der Waals surface area (Å²) in [6, 6.07) is 6.71. The second kappa shape index (κ2) is 5.73. The Morgan fingerprint density at radius 2 is 2.10 bits per heavy atom. The third-order valence-electron chi connectivity index (χ3n) is 3.85. The number of piperazine rings is 1. The van der Waals surface area contributed by atoms with Crippen LogP contribution in [0, 0.1) is 0 Å². The van der Waals surface area contributed by atoms with Crippen molar-refractivity contribution >= 4 is 23.1 Å². The predicted octanol–water partition coefficient (Wildman–Crippen LogP) is 1.60. The highest BCUT2D eigenvalue weighted by Crippen LogP contribution is 2.23. The van der Waals surface area contributed by atoms with Crippen LogP contribution in [0.2, 0.25) is 0 Å². The zero-order valence-electron chi connectivity index (χ0n) is 12.1. The first-order chi connectivity index (χ1) is 10.2. The van der Waals surface area contributed by atoms with Gasteiger partial charge in [0.1, 0.15) is 5.52 Å². The van der Waals surface area contributed by atoms with Crippen molar-refractivity contribution in [2.24, 2.45) is 0 Å². The van der Waals surface area contributed by atoms with E-state index in [1.165, 1.54) is 5.56 Å². The number of aryl methyl sites for hydroxylation is 1. The molecule has 0 spiro atoms. The second-order valence-electron chi connectivity index (χ2n) is 5.31. The molecule has 1 aromatic heterocycles. The van der Waals surface area contributed by atoms with Crippen LogP contribution < -0.4 is 4.90 Å². The monoisotopic (exact) mass is 289 g/mol. The van der Waals surface area contributed by atoms with Crippen molar-refractivity contribution in [1.82, 2.24) is 9.88 Å². The van der Waals surface area contributed by atoms with Gasteiger partial charge >= 0.3 is 5.97 Å². The predicted molar refractivity (Wildman–Crippen MR) is 79.7 cm³/mol. The maximum absolute atomic E-state index is 10.7. The number of fused-ring (bicyclic) bond motifs is 1. The van der Waals surface area contributed by atoms with Gasteiger partial charge in [-0.05, 0) is 24.1 Å². The molecule has 0 bridgehead atoms. The molecule has 0 amide bonds. The molecule has 112 valence electrons. The third-order valence-corrected chi connectivity index (χ3v) is 3.85. The Kier molecular flexibility index (Phi) is 3.79. The Bertz CT molecular complexity index is 645. The van der Waals surface area contributed by atoms with E-state index in [1.54, 1.807) is 0 Å². The van der Waals surface area contributed by atoms with Crippen LogP contribution in [-0.2, 0) is 11.2 Å². The van der Waals surface area contributed by atoms with Crippen molar-refractivity contribution in [3.05, 3.63) is 23.8 Å². The van der Waals surface area contributed by atoms with Crippen LogP contribution in [0.3, 0.4) is 0 Å². The number of anilines is 1. The lowest BCUT2D eigenvalue weighted by molar-refractivity contribution is -0.138. The Morgan fingerprint density at radius 3 is 2.76 bits per heavy atom. The molecule has 6 heteroatoms. The van der Waals surface area contributed by atoms with E-state index < -0.39 is 5.97 Å². The molecule has 2 aromatic rings. The van der Waals surface area contributed by atoms with Crippen molar-refractivity contribution in [2.45, 2.75) is 13.3 Å². The molecule has 1 saturated heterocycles. The van der Waals surface area contributed by atoms with Gasteiger partial charge in [-0.1, -0.05) is 13.0 Å². The highest BCUT2D eigenvalue weighted by Gasteiger charge is 2.22. The molecule has 2 heterocycles. The van der Waals surface area contributed by atoms with E-state index in [4.69, 9.17) is 9.52 Å². The molecule has 0 aliphatic carbocycles. The molecule has 0 saturated carbocycles. The molecule has 6 nitrogen and oxygen atoms in total. The first-order valence-corrected chi connectivity index (χ1v) is 7.24. The maximum Gasteiger partial charge on any atom is 0.317 e. The topological polar surface area (TPSA) is 69.8 Å². The van der Waals surface area contributed by atoms with E-state index >= 15 is 0 Å². The van der Waals surface area contributed by atoms with Crippen LogP contribution in [0.5, 0.6) is 0 Å². The number of aliphatic carboxylic acids is 1. The SMILES string of the molecule is CCc1ccc2oc(N3CCN(CC(=O)O)CC3)nc2c1. The number of carboxylic acids is 1. The molecule has 0 unspecified atom stereocenters. The fourth-order valence-corrected chi connectivity index (χ4v) is 2.60. The first-order valence-electron chi connectivity index (χ1n) is 7.24. The fourth-order valence-electron chi connectivity index (χ4n) is 2.60. The molecule has 21 heavy (non-hydrogen) atoms. The molecule has 3 rings (SSSR count). The summed E-state index contributed by atoms with van der Waals surface area (Å²) in [6.45, 7) is 5.11. The molecular formula is C15H19N3O3. The molecule has 0 radical (unpaired) electrons. The lowest BCUT2D eigenvalue weighted by Gasteiger charge is -2.32. The molecule has 0 atom stereocenters. The molecule has 1 aromatic carbocycles. The Morgan fingerprint density at radius 1 is 1.33 bits per heavy atom. The molecular weight excluding hydrogens is 270 g/mol. The summed E-state index contributed by atoms with van der Waals surface area (Å²) in [6.07, 6.45) is 0.978. The summed E-state index contributed by atoms with van der Waals surface area (Å²) in [5.74, 6) is -0.780. The second-order valence-corrected chi connectivity index (χ2v) is 5.31. The summed E-state index contributed by atoms with van der Waals surface area (Å²) in [5.41, 5.74) is 2.93. The molecule has 1 fully saturated rings. The van der Waals surface area contributed by atoms with Gasteiger partial charge in [0, 0.05) is 26.2 Å². The fraction of sp³-hybridized carbons (Fsp3) is 0.467. The lowest BCUT2D eigenvalue weighted by Crippen LogP contribution is -2.48. The summed E-state index contributed by atoms with van der Waals surface area (Å²) >= 11 is 0.